The number of rotatable bonds is 5. The highest BCUT2D eigenvalue weighted by Crippen LogP contribution is 2.18. The molecule has 0 atom stereocenters. The van der Waals surface area contributed by atoms with Crippen LogP contribution in [0.15, 0.2) is 35.7 Å². The number of nitrogens with zero attached hydrogens (tertiary/aromatic N) is 1. The molecular formula is C15H16INO2S. The first-order valence-corrected chi connectivity index (χ1v) is 8.21. The number of hydrogen-bond acceptors (Lipinski definition) is 3. The van der Waals surface area contributed by atoms with Crippen LogP contribution in [0, 0.1) is 9.81 Å². The number of para-hydroxylation sites is 1. The van der Waals surface area contributed by atoms with E-state index in [1.54, 1.807) is 23.3 Å². The molecule has 0 bridgehead atoms. The van der Waals surface area contributed by atoms with E-state index in [2.05, 4.69) is 22.6 Å². The van der Waals surface area contributed by atoms with Gasteiger partial charge in [-0.1, -0.05) is 18.2 Å². The van der Waals surface area contributed by atoms with Crippen LogP contribution in [0.3, 0.4) is 0 Å². The van der Waals surface area contributed by atoms with Gasteiger partial charge in [-0.05, 0) is 47.2 Å². The van der Waals surface area contributed by atoms with Crippen LogP contribution in [0.5, 0.6) is 5.75 Å². The molecule has 2 rings (SSSR count). The zero-order chi connectivity index (χ0) is 14.5. The molecule has 0 fully saturated rings. The van der Waals surface area contributed by atoms with E-state index in [0.29, 0.717) is 13.2 Å². The summed E-state index contributed by atoms with van der Waals surface area (Å²) in [6.07, 6.45) is 0. The van der Waals surface area contributed by atoms with E-state index in [4.69, 9.17) is 4.74 Å². The van der Waals surface area contributed by atoms with Crippen LogP contribution in [0.25, 0.3) is 0 Å². The highest BCUT2D eigenvalue weighted by molar-refractivity contribution is 14.1. The lowest BCUT2D eigenvalue weighted by Crippen LogP contribution is -2.30. The number of halogens is 1. The van der Waals surface area contributed by atoms with Crippen LogP contribution >= 0.6 is 33.9 Å². The quantitative estimate of drug-likeness (QED) is 0.714. The van der Waals surface area contributed by atoms with Gasteiger partial charge in [0.2, 0.25) is 0 Å². The normalized spacial score (nSPS) is 10.3. The molecule has 2 aromatic rings. The Labute approximate surface area is 136 Å². The monoisotopic (exact) mass is 401 g/mol. The Hall–Kier alpha value is -1.08. The number of hydrogen-bond donors (Lipinski definition) is 0. The zero-order valence-electron chi connectivity index (χ0n) is 11.4. The molecule has 0 N–H and O–H groups in total. The van der Waals surface area contributed by atoms with E-state index >= 15 is 0 Å². The molecule has 0 aliphatic rings. The van der Waals surface area contributed by atoms with Gasteiger partial charge >= 0.3 is 0 Å². The summed E-state index contributed by atoms with van der Waals surface area (Å²) >= 11 is 3.80. The second kappa shape index (κ2) is 7.08. The SMILES string of the molecule is Cc1ccccc1OCCN(C)C(=O)c1csc(I)c1. The van der Waals surface area contributed by atoms with E-state index in [-0.39, 0.29) is 5.91 Å². The highest BCUT2D eigenvalue weighted by Gasteiger charge is 2.13. The Kier molecular flexibility index (Phi) is 5.42. The Morgan fingerprint density at radius 1 is 1.40 bits per heavy atom. The number of benzene rings is 1. The van der Waals surface area contributed by atoms with Crippen molar-refractivity contribution in [2.45, 2.75) is 6.92 Å². The standard InChI is InChI=1S/C15H16INO2S/c1-11-5-3-4-6-13(11)19-8-7-17(2)15(18)12-9-14(16)20-10-12/h3-6,9-10H,7-8H2,1-2H3. The largest absolute Gasteiger partial charge is 0.491 e. The van der Waals surface area contributed by atoms with E-state index in [1.165, 1.54) is 0 Å². The number of carbonyl (C=O) groups is 1. The third-order valence-electron chi connectivity index (χ3n) is 2.94. The van der Waals surface area contributed by atoms with Crippen molar-refractivity contribution in [2.24, 2.45) is 0 Å². The lowest BCUT2D eigenvalue weighted by atomic mass is 10.2. The molecule has 1 heterocycles. The molecule has 0 aliphatic carbocycles. The average Bonchev–Trinajstić information content (AvgIpc) is 2.86. The van der Waals surface area contributed by atoms with Crippen molar-refractivity contribution in [1.29, 1.82) is 0 Å². The summed E-state index contributed by atoms with van der Waals surface area (Å²) in [5.41, 5.74) is 1.85. The molecule has 0 radical (unpaired) electrons. The van der Waals surface area contributed by atoms with Crippen LogP contribution in [-0.4, -0.2) is 31.0 Å². The molecule has 1 aromatic carbocycles. The summed E-state index contributed by atoms with van der Waals surface area (Å²) in [6.45, 7) is 3.07. The number of carbonyl (C=O) groups excluding carboxylic acids is 1. The van der Waals surface area contributed by atoms with Gasteiger partial charge in [0.15, 0.2) is 0 Å². The minimum absolute atomic E-state index is 0.0394. The number of amides is 1. The molecular weight excluding hydrogens is 385 g/mol. The first-order valence-electron chi connectivity index (χ1n) is 6.26. The predicted molar refractivity (Wildman–Crippen MR) is 90.7 cm³/mol. The van der Waals surface area contributed by atoms with Gasteiger partial charge in [-0.25, -0.2) is 0 Å². The van der Waals surface area contributed by atoms with Gasteiger partial charge in [-0.2, -0.15) is 0 Å². The molecule has 5 heteroatoms. The molecule has 0 aliphatic heterocycles. The fraction of sp³-hybridized carbons (Fsp3) is 0.267. The maximum atomic E-state index is 12.1. The van der Waals surface area contributed by atoms with Gasteiger partial charge in [0.05, 0.1) is 15.0 Å². The van der Waals surface area contributed by atoms with Crippen molar-refractivity contribution in [2.75, 3.05) is 20.2 Å². The Balaban J connectivity index is 1.85. The summed E-state index contributed by atoms with van der Waals surface area (Å²) < 4.78 is 6.83. The molecule has 0 saturated heterocycles. The van der Waals surface area contributed by atoms with Gasteiger partial charge in [-0.15, -0.1) is 11.3 Å². The van der Waals surface area contributed by atoms with E-state index in [0.717, 1.165) is 19.8 Å². The molecule has 1 aromatic heterocycles. The van der Waals surface area contributed by atoms with Crippen molar-refractivity contribution in [3.8, 4) is 5.75 Å². The summed E-state index contributed by atoms with van der Waals surface area (Å²) in [6, 6.07) is 9.79. The van der Waals surface area contributed by atoms with Crippen molar-refractivity contribution in [1.82, 2.24) is 4.90 Å². The Morgan fingerprint density at radius 2 is 2.15 bits per heavy atom. The van der Waals surface area contributed by atoms with Gasteiger partial charge in [-0.3, -0.25) is 4.79 Å². The maximum Gasteiger partial charge on any atom is 0.254 e. The topological polar surface area (TPSA) is 29.5 Å². The van der Waals surface area contributed by atoms with Crippen LogP contribution in [-0.2, 0) is 0 Å². The molecule has 0 unspecified atom stereocenters. The number of thiophene rings is 1. The summed E-state index contributed by atoms with van der Waals surface area (Å²) in [7, 11) is 1.80. The van der Waals surface area contributed by atoms with Crippen molar-refractivity contribution in [3.63, 3.8) is 0 Å². The Morgan fingerprint density at radius 3 is 2.80 bits per heavy atom. The maximum absolute atomic E-state index is 12.1. The number of likely N-dealkylation sites (N-methyl/N-ethyl adjacent to an activating group) is 1. The second-order valence-corrected chi connectivity index (χ2v) is 7.29. The molecule has 1 amide bonds. The van der Waals surface area contributed by atoms with Gasteiger partial charge in [0.25, 0.3) is 5.91 Å². The van der Waals surface area contributed by atoms with E-state index < -0.39 is 0 Å². The van der Waals surface area contributed by atoms with Crippen LogP contribution in [0.2, 0.25) is 0 Å². The van der Waals surface area contributed by atoms with Crippen molar-refractivity contribution in [3.05, 3.63) is 49.7 Å². The highest BCUT2D eigenvalue weighted by atomic mass is 127. The summed E-state index contributed by atoms with van der Waals surface area (Å²) in [4.78, 5) is 13.8. The van der Waals surface area contributed by atoms with Gasteiger partial charge < -0.3 is 9.64 Å². The van der Waals surface area contributed by atoms with Crippen LogP contribution in [0.4, 0.5) is 0 Å². The lowest BCUT2D eigenvalue weighted by molar-refractivity contribution is 0.0774. The number of ether oxygens (including phenoxy) is 1. The van der Waals surface area contributed by atoms with Crippen LogP contribution in [0.1, 0.15) is 15.9 Å². The first kappa shape index (κ1) is 15.3. The van der Waals surface area contributed by atoms with E-state index in [1.807, 2.05) is 42.6 Å². The zero-order valence-corrected chi connectivity index (χ0v) is 14.4. The third kappa shape index (κ3) is 3.96. The van der Waals surface area contributed by atoms with E-state index in [9.17, 15) is 4.79 Å². The minimum atomic E-state index is 0.0394. The predicted octanol–water partition coefficient (Wildman–Crippen LogP) is 3.81. The second-order valence-electron chi connectivity index (χ2n) is 4.48. The fourth-order valence-electron chi connectivity index (χ4n) is 1.76. The Bertz CT molecular complexity index is 597. The summed E-state index contributed by atoms with van der Waals surface area (Å²) in [5.74, 6) is 0.913. The van der Waals surface area contributed by atoms with Crippen molar-refractivity contribution < 1.29 is 9.53 Å². The van der Waals surface area contributed by atoms with Crippen molar-refractivity contribution >= 4 is 39.8 Å². The molecule has 0 spiro atoms. The molecule has 20 heavy (non-hydrogen) atoms. The lowest BCUT2D eigenvalue weighted by Gasteiger charge is -2.17. The average molecular weight is 401 g/mol. The van der Waals surface area contributed by atoms with Gasteiger partial charge in [0.1, 0.15) is 12.4 Å². The fourth-order valence-corrected chi connectivity index (χ4v) is 3.08. The molecule has 106 valence electrons. The smallest absolute Gasteiger partial charge is 0.254 e. The molecule has 3 nitrogen and oxygen atoms in total. The molecule has 0 saturated carbocycles. The summed E-state index contributed by atoms with van der Waals surface area (Å²) in [5, 5.41) is 1.89. The number of aryl methyl sites for hydroxylation is 1. The minimum Gasteiger partial charge on any atom is -0.491 e. The van der Waals surface area contributed by atoms with Crippen LogP contribution < -0.4 is 4.74 Å². The first-order chi connectivity index (χ1) is 9.58. The third-order valence-corrected chi connectivity index (χ3v) is 4.73. The van der Waals surface area contributed by atoms with Gasteiger partial charge in [0, 0.05) is 12.4 Å².